The first-order chi connectivity index (χ1) is 8.54. The number of hydrogen-bond acceptors (Lipinski definition) is 2. The summed E-state index contributed by atoms with van der Waals surface area (Å²) in [7, 11) is 0. The van der Waals surface area contributed by atoms with Crippen LogP contribution in [0.1, 0.15) is 44.4 Å². The van der Waals surface area contributed by atoms with Gasteiger partial charge in [-0.05, 0) is 31.4 Å². The lowest BCUT2D eigenvalue weighted by molar-refractivity contribution is -0.130. The van der Waals surface area contributed by atoms with E-state index in [9.17, 15) is 4.79 Å². The lowest BCUT2D eigenvalue weighted by Gasteiger charge is -2.30. The van der Waals surface area contributed by atoms with Crippen molar-refractivity contribution in [2.45, 2.75) is 51.7 Å². The molecule has 3 heteroatoms. The van der Waals surface area contributed by atoms with Crippen LogP contribution in [0, 0.1) is 0 Å². The molecule has 0 aromatic heterocycles. The van der Waals surface area contributed by atoms with Crippen LogP contribution < -0.4 is 5.73 Å². The van der Waals surface area contributed by atoms with E-state index in [1.54, 1.807) is 0 Å². The molecule has 0 aliphatic carbocycles. The van der Waals surface area contributed by atoms with Crippen molar-refractivity contribution in [1.29, 1.82) is 0 Å². The number of benzene rings is 1. The molecule has 2 atom stereocenters. The Bertz CT molecular complexity index is 425. The van der Waals surface area contributed by atoms with E-state index in [4.69, 9.17) is 5.73 Å². The van der Waals surface area contributed by atoms with Gasteiger partial charge in [-0.1, -0.05) is 31.2 Å². The summed E-state index contributed by atoms with van der Waals surface area (Å²) in [5.74, 6) is 0.169. The Morgan fingerprint density at radius 2 is 1.94 bits per heavy atom. The van der Waals surface area contributed by atoms with Crippen LogP contribution in [-0.4, -0.2) is 22.9 Å². The highest BCUT2D eigenvalue weighted by Crippen LogP contribution is 2.33. The summed E-state index contributed by atoms with van der Waals surface area (Å²) in [5.41, 5.74) is 8.60. The Kier molecular flexibility index (Phi) is 3.71. The Balaban J connectivity index is 2.31. The molecule has 1 aliphatic heterocycles. The number of amides is 1. The first-order valence-corrected chi connectivity index (χ1v) is 6.70. The fraction of sp³-hybridized carbons (Fsp3) is 0.533. The molecule has 0 saturated carbocycles. The molecule has 1 aromatic carbocycles. The van der Waals surface area contributed by atoms with E-state index in [1.807, 2.05) is 18.7 Å². The maximum atomic E-state index is 12.0. The number of carbonyl (C=O) groups is 1. The van der Waals surface area contributed by atoms with Gasteiger partial charge in [0.15, 0.2) is 0 Å². The zero-order valence-electron chi connectivity index (χ0n) is 11.4. The minimum Gasteiger partial charge on any atom is -0.332 e. The van der Waals surface area contributed by atoms with Crippen LogP contribution in [0.25, 0.3) is 0 Å². The van der Waals surface area contributed by atoms with Crippen molar-refractivity contribution in [3.63, 3.8) is 0 Å². The van der Waals surface area contributed by atoms with E-state index in [2.05, 4.69) is 31.2 Å². The Hall–Kier alpha value is -1.35. The molecule has 1 aliphatic rings. The summed E-state index contributed by atoms with van der Waals surface area (Å²) < 4.78 is 0. The molecule has 2 rings (SSSR count). The van der Waals surface area contributed by atoms with E-state index >= 15 is 0 Å². The van der Waals surface area contributed by atoms with Gasteiger partial charge in [0, 0.05) is 18.5 Å². The van der Waals surface area contributed by atoms with Crippen molar-refractivity contribution in [3.8, 4) is 0 Å². The highest BCUT2D eigenvalue weighted by molar-refractivity contribution is 5.80. The van der Waals surface area contributed by atoms with E-state index in [1.165, 1.54) is 5.56 Å². The molecule has 1 amide bonds. The molecule has 0 unspecified atom stereocenters. The lowest BCUT2D eigenvalue weighted by atomic mass is 9.98. The fourth-order valence-electron chi connectivity index (χ4n) is 2.75. The van der Waals surface area contributed by atoms with Gasteiger partial charge in [0.1, 0.15) is 0 Å². The van der Waals surface area contributed by atoms with Gasteiger partial charge in [-0.2, -0.15) is 0 Å². The zero-order chi connectivity index (χ0) is 13.3. The van der Waals surface area contributed by atoms with Crippen molar-refractivity contribution in [1.82, 2.24) is 4.90 Å². The molecule has 0 bridgehead atoms. The van der Waals surface area contributed by atoms with Crippen LogP contribution in [-0.2, 0) is 11.2 Å². The Morgan fingerprint density at radius 1 is 1.33 bits per heavy atom. The standard InChI is InChI=1S/C15H22N2O/c1-4-11-5-7-12(8-6-11)15-13(16)9-14(18)17(15)10(2)3/h5-8,10,13,15H,4,9,16H2,1-3H3/t13-,15+/m0/s1. The average molecular weight is 246 g/mol. The Morgan fingerprint density at radius 3 is 2.44 bits per heavy atom. The summed E-state index contributed by atoms with van der Waals surface area (Å²) in [6.45, 7) is 6.23. The maximum Gasteiger partial charge on any atom is 0.225 e. The lowest BCUT2D eigenvalue weighted by Crippen LogP contribution is -2.37. The molecule has 1 aromatic rings. The molecule has 0 radical (unpaired) electrons. The second-order valence-corrected chi connectivity index (χ2v) is 5.30. The van der Waals surface area contributed by atoms with Gasteiger partial charge in [-0.15, -0.1) is 0 Å². The van der Waals surface area contributed by atoms with Crippen LogP contribution in [0.3, 0.4) is 0 Å². The first-order valence-electron chi connectivity index (χ1n) is 6.70. The smallest absolute Gasteiger partial charge is 0.225 e. The molecule has 3 nitrogen and oxygen atoms in total. The molecular weight excluding hydrogens is 224 g/mol. The summed E-state index contributed by atoms with van der Waals surface area (Å²) in [5, 5.41) is 0. The van der Waals surface area contributed by atoms with Gasteiger partial charge in [0.05, 0.1) is 6.04 Å². The predicted molar refractivity (Wildman–Crippen MR) is 73.1 cm³/mol. The van der Waals surface area contributed by atoms with E-state index in [0.717, 1.165) is 12.0 Å². The molecule has 98 valence electrons. The van der Waals surface area contributed by atoms with Gasteiger partial charge in [0.25, 0.3) is 0 Å². The summed E-state index contributed by atoms with van der Waals surface area (Å²) in [4.78, 5) is 13.9. The second-order valence-electron chi connectivity index (χ2n) is 5.30. The van der Waals surface area contributed by atoms with E-state index in [0.29, 0.717) is 6.42 Å². The number of nitrogens with zero attached hydrogens (tertiary/aromatic N) is 1. The SMILES string of the molecule is CCc1ccc([C@@H]2[C@@H](N)CC(=O)N2C(C)C)cc1. The van der Waals surface area contributed by atoms with Crippen LogP contribution in [0.2, 0.25) is 0 Å². The number of nitrogens with two attached hydrogens (primary N) is 1. The normalized spacial score (nSPS) is 24.1. The van der Waals surface area contributed by atoms with E-state index in [-0.39, 0.29) is 24.0 Å². The third kappa shape index (κ3) is 2.27. The molecule has 18 heavy (non-hydrogen) atoms. The zero-order valence-corrected chi connectivity index (χ0v) is 11.4. The number of rotatable bonds is 3. The van der Waals surface area contributed by atoms with Crippen LogP contribution >= 0.6 is 0 Å². The molecule has 1 saturated heterocycles. The van der Waals surface area contributed by atoms with Gasteiger partial charge >= 0.3 is 0 Å². The molecule has 1 fully saturated rings. The topological polar surface area (TPSA) is 46.3 Å². The van der Waals surface area contributed by atoms with Gasteiger partial charge in [-0.25, -0.2) is 0 Å². The number of carbonyl (C=O) groups excluding carboxylic acids is 1. The average Bonchev–Trinajstić information content (AvgIpc) is 2.64. The highest BCUT2D eigenvalue weighted by Gasteiger charge is 2.39. The molecule has 0 spiro atoms. The molecule has 2 N–H and O–H groups in total. The monoisotopic (exact) mass is 246 g/mol. The number of hydrogen-bond donors (Lipinski definition) is 1. The van der Waals surface area contributed by atoms with Crippen molar-refractivity contribution in [3.05, 3.63) is 35.4 Å². The van der Waals surface area contributed by atoms with Crippen molar-refractivity contribution >= 4 is 5.91 Å². The van der Waals surface area contributed by atoms with Crippen molar-refractivity contribution < 1.29 is 4.79 Å². The fourth-order valence-corrected chi connectivity index (χ4v) is 2.75. The van der Waals surface area contributed by atoms with E-state index < -0.39 is 0 Å². The molecule has 1 heterocycles. The van der Waals surface area contributed by atoms with Crippen molar-refractivity contribution in [2.75, 3.05) is 0 Å². The second kappa shape index (κ2) is 5.11. The number of aryl methyl sites for hydroxylation is 1. The van der Waals surface area contributed by atoms with Crippen LogP contribution in [0.5, 0.6) is 0 Å². The van der Waals surface area contributed by atoms with Gasteiger partial charge in [-0.3, -0.25) is 4.79 Å². The molecular formula is C15H22N2O. The van der Waals surface area contributed by atoms with Crippen LogP contribution in [0.4, 0.5) is 0 Å². The highest BCUT2D eigenvalue weighted by atomic mass is 16.2. The largest absolute Gasteiger partial charge is 0.332 e. The third-order valence-corrected chi connectivity index (χ3v) is 3.69. The van der Waals surface area contributed by atoms with Crippen molar-refractivity contribution in [2.24, 2.45) is 5.73 Å². The predicted octanol–water partition coefficient (Wildman–Crippen LogP) is 2.26. The summed E-state index contributed by atoms with van der Waals surface area (Å²) in [6.07, 6.45) is 1.49. The minimum absolute atomic E-state index is 0.0309. The number of likely N-dealkylation sites (tertiary alicyclic amines) is 1. The maximum absolute atomic E-state index is 12.0. The first kappa shape index (κ1) is 13.1. The summed E-state index contributed by atoms with van der Waals surface area (Å²) >= 11 is 0. The summed E-state index contributed by atoms with van der Waals surface area (Å²) in [6, 6.07) is 8.61. The van der Waals surface area contributed by atoms with Gasteiger partial charge < -0.3 is 10.6 Å². The third-order valence-electron chi connectivity index (χ3n) is 3.69. The Labute approximate surface area is 109 Å². The minimum atomic E-state index is -0.0904. The van der Waals surface area contributed by atoms with Crippen LogP contribution in [0.15, 0.2) is 24.3 Å². The van der Waals surface area contributed by atoms with Gasteiger partial charge in [0.2, 0.25) is 5.91 Å². The quantitative estimate of drug-likeness (QED) is 0.889.